The lowest BCUT2D eigenvalue weighted by molar-refractivity contribution is 0.123. The Bertz CT molecular complexity index is 4710. The molecular weight excluding hydrogens is 1240 g/mol. The number of phenols is 1. The number of hydrogen-bond acceptors (Lipinski definition) is 20. The van der Waals surface area contributed by atoms with Crippen LogP contribution in [0.4, 0.5) is 14.7 Å². The Morgan fingerprint density at radius 1 is 0.606 bits per heavy atom. The van der Waals surface area contributed by atoms with Gasteiger partial charge in [-0.25, -0.2) is 33.4 Å². The molecule has 3 saturated heterocycles. The monoisotopic (exact) mass is 1320 g/mol. The molecule has 2 aromatic carbocycles. The number of aryl methyl sites for hydroxylation is 3. The number of hydrogen-bond donors (Lipinski definition) is 5. The van der Waals surface area contributed by atoms with E-state index >= 15 is 0 Å². The van der Waals surface area contributed by atoms with Crippen molar-refractivity contribution in [2.75, 3.05) is 23.9 Å². The van der Waals surface area contributed by atoms with Gasteiger partial charge in [0.25, 0.3) is 5.19 Å². The maximum absolute atomic E-state index is 14.9. The molecule has 0 saturated carbocycles. The maximum atomic E-state index is 14.9. The first-order chi connectivity index (χ1) is 44.5. The Morgan fingerprint density at radius 3 is 1.82 bits per heavy atom. The molecule has 0 amide bonds. The Hall–Kier alpha value is -8.13. The molecule has 94 heavy (non-hydrogen) atoms. The largest absolute Gasteiger partial charge is 0.507 e. The molecule has 3 aliphatic rings. The first-order valence-corrected chi connectivity index (χ1v) is 34.6. The third-order valence-electron chi connectivity index (χ3n) is 17.9. The van der Waals surface area contributed by atoms with Crippen LogP contribution in [0.5, 0.6) is 10.9 Å². The van der Waals surface area contributed by atoms with Crippen molar-refractivity contribution in [2.24, 2.45) is 0 Å². The highest BCUT2D eigenvalue weighted by Gasteiger charge is 2.41. The highest BCUT2D eigenvalue weighted by Crippen LogP contribution is 2.41. The van der Waals surface area contributed by atoms with Gasteiger partial charge in [-0.15, -0.1) is 0 Å². The number of ether oxygens (including phenoxy) is 1. The van der Waals surface area contributed by atoms with Crippen molar-refractivity contribution >= 4 is 86.2 Å². The molecule has 12 aromatic rings. The number of imidazole rings is 1. The van der Waals surface area contributed by atoms with E-state index in [2.05, 4.69) is 160 Å². The maximum Gasteiger partial charge on any atom is 0.274 e. The molecule has 10 aromatic heterocycles. The fourth-order valence-electron chi connectivity index (χ4n) is 14.4. The van der Waals surface area contributed by atoms with Crippen molar-refractivity contribution in [2.45, 2.75) is 181 Å². The van der Waals surface area contributed by atoms with Gasteiger partial charge in [0.05, 0.1) is 61.7 Å². The number of anilines is 2. The zero-order valence-electron chi connectivity index (χ0n) is 56.1. The van der Waals surface area contributed by atoms with Crippen LogP contribution >= 0.6 is 34.0 Å². The van der Waals surface area contributed by atoms with Gasteiger partial charge in [-0.2, -0.15) is 20.3 Å². The van der Waals surface area contributed by atoms with E-state index in [1.165, 1.54) is 17.4 Å². The van der Waals surface area contributed by atoms with Gasteiger partial charge in [0.1, 0.15) is 34.2 Å². The average Bonchev–Trinajstić information content (AvgIpc) is 1.70. The van der Waals surface area contributed by atoms with Crippen molar-refractivity contribution in [3.05, 3.63) is 121 Å². The number of halogens is 1. The second-order valence-electron chi connectivity index (χ2n) is 28.6. The molecule has 24 heteroatoms. The SMILES string of the molecule is CN(c1nc2cnc(-c3ccc(-c4cn[nH]c4)cc3O)cc2s1)C1CC(C)(C)NC(C)(C)C1.Cc1cn2nc(-c3cc(F)c4nc(OC5CC(C)NC(C)C5)sc4c3)cc(C)c2n1.Cc1nc2ccc(-c3cc4sc(N(C)C5CC(C)(C)NC(C)(C)C5)nc4cn3)cn2n1. The second kappa shape index (κ2) is 24.9. The van der Waals surface area contributed by atoms with Crippen LogP contribution < -0.4 is 30.5 Å². The summed E-state index contributed by atoms with van der Waals surface area (Å²) in [6.45, 7) is 28.4. The lowest BCUT2D eigenvalue weighted by atomic mass is 9.79. The van der Waals surface area contributed by atoms with E-state index in [0.717, 1.165) is 136 Å². The fraction of sp³-hybridized carbons (Fsp3) is 0.429. The molecule has 2 unspecified atom stereocenters. The van der Waals surface area contributed by atoms with E-state index < -0.39 is 0 Å². The normalized spacial score (nSPS) is 19.5. The molecule has 20 nitrogen and oxygen atoms in total. The molecule has 3 aliphatic heterocycles. The summed E-state index contributed by atoms with van der Waals surface area (Å²) in [7, 11) is 4.32. The van der Waals surface area contributed by atoms with Crippen LogP contribution in [0, 0.1) is 26.6 Å². The van der Waals surface area contributed by atoms with Crippen molar-refractivity contribution in [3.63, 3.8) is 0 Å². The zero-order chi connectivity index (χ0) is 66.3. The van der Waals surface area contributed by atoms with Crippen LogP contribution in [0.3, 0.4) is 0 Å². The number of aromatic hydroxyl groups is 1. The van der Waals surface area contributed by atoms with Gasteiger partial charge in [-0.3, -0.25) is 15.1 Å². The minimum absolute atomic E-state index is 0.0756. The van der Waals surface area contributed by atoms with Gasteiger partial charge < -0.3 is 35.6 Å². The molecule has 15 rings (SSSR count). The first kappa shape index (κ1) is 64.6. The zero-order valence-corrected chi connectivity index (χ0v) is 58.5. The molecule has 13 heterocycles. The Kier molecular flexibility index (Phi) is 17.1. The van der Waals surface area contributed by atoms with E-state index in [0.29, 0.717) is 46.1 Å². The van der Waals surface area contributed by atoms with Gasteiger partial charge in [-0.1, -0.05) is 40.1 Å². The van der Waals surface area contributed by atoms with Gasteiger partial charge >= 0.3 is 0 Å². The third-order valence-corrected chi connectivity index (χ3v) is 21.0. The van der Waals surface area contributed by atoms with Crippen LogP contribution in [0.1, 0.15) is 125 Å². The van der Waals surface area contributed by atoms with E-state index in [1.807, 2.05) is 86.3 Å². The highest BCUT2D eigenvalue weighted by atomic mass is 32.1. The first-order valence-electron chi connectivity index (χ1n) is 32.1. The lowest BCUT2D eigenvalue weighted by Crippen LogP contribution is -2.61. The van der Waals surface area contributed by atoms with Crippen molar-refractivity contribution in [1.29, 1.82) is 0 Å². The Balaban J connectivity index is 0.000000128. The Morgan fingerprint density at radius 2 is 1.21 bits per heavy atom. The standard InChI is InChI=1S/C25H30N6OS.C23H29N7S.C22H24FN5OS/c1-24(2)10-17(11-25(3,4)30-24)31(5)23-29-20-14-26-19(9-22(20)33-23)18-7-6-15(8-21(18)32)16-12-27-28-13-16;1-14-25-20-8-7-15(13-30(20)27-14)17-9-19-18(12-24-17)26-21(31-19)29(6)16-10-22(2,3)28-23(4,5)11-16;1-11-5-18(27-28-10-14(4)25-21(11)28)15-8-17(23)20-19(9-15)30-22(26-20)29-16-6-12(2)24-13(3)7-16/h6-9,12-14,17,30,32H,10-11H2,1-5H3,(H,27,28);7-9,12-13,16,28H,10-11H2,1-6H3;5,8-10,12-13,16,24H,6-7H2,1-4H3. The molecule has 0 radical (unpaired) electrons. The number of fused-ring (bicyclic) bond motifs is 5. The van der Waals surface area contributed by atoms with Gasteiger partial charge in [0.15, 0.2) is 27.4 Å². The fourth-order valence-corrected chi connectivity index (χ4v) is 17.4. The number of rotatable bonds is 10. The number of aromatic nitrogens is 13. The summed E-state index contributed by atoms with van der Waals surface area (Å²) in [6.07, 6.45) is 17.3. The predicted molar refractivity (Wildman–Crippen MR) is 378 cm³/mol. The van der Waals surface area contributed by atoms with Gasteiger partial charge in [0, 0.05) is 95.1 Å². The highest BCUT2D eigenvalue weighted by molar-refractivity contribution is 7.22. The number of aromatic amines is 1. The number of nitrogens with one attached hydrogen (secondary N) is 4. The summed E-state index contributed by atoms with van der Waals surface area (Å²) in [5.74, 6) is 0.601. The minimum Gasteiger partial charge on any atom is -0.507 e. The summed E-state index contributed by atoms with van der Waals surface area (Å²) in [5.41, 5.74) is 12.7. The van der Waals surface area contributed by atoms with Crippen LogP contribution in [-0.4, -0.2) is 136 Å². The molecule has 3 fully saturated rings. The van der Waals surface area contributed by atoms with Crippen molar-refractivity contribution < 1.29 is 14.2 Å². The molecule has 0 aliphatic carbocycles. The molecule has 5 N–H and O–H groups in total. The minimum atomic E-state index is -0.359. The molecular formula is C70H83FN18O2S3. The number of phenolic OH excluding ortho intramolecular Hbond substituents is 1. The summed E-state index contributed by atoms with van der Waals surface area (Å²) in [5, 5.41) is 40.1. The summed E-state index contributed by atoms with van der Waals surface area (Å²) >= 11 is 4.80. The number of thiazole rings is 3. The summed E-state index contributed by atoms with van der Waals surface area (Å²) in [6, 6.07) is 20.8. The quantitative estimate of drug-likeness (QED) is 0.0858. The van der Waals surface area contributed by atoms with E-state index in [-0.39, 0.29) is 39.8 Å². The van der Waals surface area contributed by atoms with Crippen LogP contribution in [0.2, 0.25) is 0 Å². The van der Waals surface area contributed by atoms with Crippen molar-refractivity contribution in [1.82, 2.24) is 80.3 Å². The van der Waals surface area contributed by atoms with E-state index in [9.17, 15) is 9.50 Å². The number of H-pyrrole nitrogens is 1. The summed E-state index contributed by atoms with van der Waals surface area (Å²) < 4.78 is 27.6. The van der Waals surface area contributed by atoms with Crippen LogP contribution in [0.15, 0.2) is 97.8 Å². The average molecular weight is 1320 g/mol. The van der Waals surface area contributed by atoms with Crippen molar-refractivity contribution in [3.8, 4) is 55.8 Å². The van der Waals surface area contributed by atoms with Gasteiger partial charge in [0.2, 0.25) is 0 Å². The smallest absolute Gasteiger partial charge is 0.274 e. The molecule has 2 atom stereocenters. The number of nitrogens with zero attached hydrogens (tertiary/aromatic N) is 14. The Labute approximate surface area is 558 Å². The topological polar surface area (TPSA) is 226 Å². The molecule has 0 bridgehead atoms. The lowest BCUT2D eigenvalue weighted by Gasteiger charge is -2.49. The number of piperidine rings is 3. The second-order valence-corrected chi connectivity index (χ2v) is 31.6. The van der Waals surface area contributed by atoms with Crippen LogP contribution in [-0.2, 0) is 0 Å². The number of benzene rings is 2. The van der Waals surface area contributed by atoms with E-state index in [1.54, 1.807) is 51.8 Å². The van der Waals surface area contributed by atoms with Gasteiger partial charge in [-0.05, 0) is 194 Å². The van der Waals surface area contributed by atoms with E-state index in [4.69, 9.17) is 14.7 Å². The third kappa shape index (κ3) is 14.0. The predicted octanol–water partition coefficient (Wildman–Crippen LogP) is 14.3. The van der Waals surface area contributed by atoms with Crippen LogP contribution in [0.25, 0.3) is 86.8 Å². The molecule has 0 spiro atoms. The number of pyridine rings is 3. The molecule has 490 valence electrons. The summed E-state index contributed by atoms with van der Waals surface area (Å²) in [4.78, 5) is 37.1.